The Morgan fingerprint density at radius 3 is 2.72 bits per heavy atom. The SMILES string of the molecule is Cc1cc(C)n(CCCn2cncc2[C@@H](C)N)n1. The second kappa shape index (κ2) is 5.35. The van der Waals surface area contributed by atoms with Gasteiger partial charge in [-0.25, -0.2) is 4.98 Å². The fraction of sp³-hybridized carbons (Fsp3) is 0.538. The minimum absolute atomic E-state index is 0.0289. The number of nitrogens with two attached hydrogens (primary N) is 1. The van der Waals surface area contributed by atoms with E-state index < -0.39 is 0 Å². The summed E-state index contributed by atoms with van der Waals surface area (Å²) < 4.78 is 4.17. The summed E-state index contributed by atoms with van der Waals surface area (Å²) in [4.78, 5) is 4.15. The van der Waals surface area contributed by atoms with Crippen LogP contribution >= 0.6 is 0 Å². The van der Waals surface area contributed by atoms with Gasteiger partial charge in [0.2, 0.25) is 0 Å². The zero-order valence-corrected chi connectivity index (χ0v) is 11.3. The van der Waals surface area contributed by atoms with Gasteiger partial charge >= 0.3 is 0 Å². The second-order valence-corrected chi connectivity index (χ2v) is 4.80. The molecular formula is C13H21N5. The summed E-state index contributed by atoms with van der Waals surface area (Å²) in [5.41, 5.74) is 9.27. The van der Waals surface area contributed by atoms with Gasteiger partial charge in [-0.2, -0.15) is 5.10 Å². The van der Waals surface area contributed by atoms with Gasteiger partial charge < -0.3 is 10.3 Å². The highest BCUT2D eigenvalue weighted by atomic mass is 15.3. The molecule has 0 saturated carbocycles. The van der Waals surface area contributed by atoms with Crippen LogP contribution in [0.5, 0.6) is 0 Å². The molecule has 0 aliphatic carbocycles. The molecule has 0 aliphatic rings. The number of aryl methyl sites for hydroxylation is 4. The van der Waals surface area contributed by atoms with Gasteiger partial charge in [0.05, 0.1) is 17.7 Å². The smallest absolute Gasteiger partial charge is 0.0948 e. The van der Waals surface area contributed by atoms with Crippen LogP contribution in [0.4, 0.5) is 0 Å². The molecule has 0 spiro atoms. The Morgan fingerprint density at radius 2 is 2.11 bits per heavy atom. The molecule has 18 heavy (non-hydrogen) atoms. The molecule has 0 saturated heterocycles. The van der Waals surface area contributed by atoms with E-state index in [1.165, 1.54) is 5.69 Å². The van der Waals surface area contributed by atoms with Crippen molar-refractivity contribution in [2.45, 2.75) is 46.3 Å². The Labute approximate surface area is 108 Å². The Morgan fingerprint density at radius 1 is 1.33 bits per heavy atom. The minimum atomic E-state index is 0.0289. The molecule has 2 aromatic rings. The number of hydrogen-bond donors (Lipinski definition) is 1. The van der Waals surface area contributed by atoms with E-state index in [0.717, 1.165) is 30.9 Å². The van der Waals surface area contributed by atoms with Crippen LogP contribution in [0.3, 0.4) is 0 Å². The highest BCUT2D eigenvalue weighted by molar-refractivity contribution is 5.06. The van der Waals surface area contributed by atoms with Crippen molar-refractivity contribution >= 4 is 0 Å². The Bertz CT molecular complexity index is 509. The first-order chi connectivity index (χ1) is 8.58. The van der Waals surface area contributed by atoms with E-state index >= 15 is 0 Å². The van der Waals surface area contributed by atoms with E-state index in [1.54, 1.807) is 0 Å². The van der Waals surface area contributed by atoms with Crippen molar-refractivity contribution in [1.29, 1.82) is 0 Å². The lowest BCUT2D eigenvalue weighted by Gasteiger charge is -2.11. The van der Waals surface area contributed by atoms with Crippen LogP contribution < -0.4 is 5.73 Å². The monoisotopic (exact) mass is 247 g/mol. The summed E-state index contributed by atoms with van der Waals surface area (Å²) >= 11 is 0. The van der Waals surface area contributed by atoms with Crippen LogP contribution in [0.2, 0.25) is 0 Å². The zero-order chi connectivity index (χ0) is 13.1. The highest BCUT2D eigenvalue weighted by Crippen LogP contribution is 2.10. The molecule has 0 fully saturated rings. The van der Waals surface area contributed by atoms with E-state index in [-0.39, 0.29) is 6.04 Å². The van der Waals surface area contributed by atoms with Crippen LogP contribution in [-0.2, 0) is 13.1 Å². The number of aromatic nitrogens is 4. The maximum Gasteiger partial charge on any atom is 0.0948 e. The van der Waals surface area contributed by atoms with Crippen molar-refractivity contribution in [3.63, 3.8) is 0 Å². The fourth-order valence-electron chi connectivity index (χ4n) is 2.19. The van der Waals surface area contributed by atoms with Crippen LogP contribution in [0, 0.1) is 13.8 Å². The van der Waals surface area contributed by atoms with Gasteiger partial charge in [0.1, 0.15) is 0 Å². The van der Waals surface area contributed by atoms with Crippen LogP contribution in [-0.4, -0.2) is 19.3 Å². The van der Waals surface area contributed by atoms with Crippen molar-refractivity contribution in [2.24, 2.45) is 5.73 Å². The summed E-state index contributed by atoms with van der Waals surface area (Å²) in [6, 6.07) is 2.13. The molecule has 0 amide bonds. The molecule has 0 radical (unpaired) electrons. The zero-order valence-electron chi connectivity index (χ0n) is 11.3. The molecule has 0 aromatic carbocycles. The fourth-order valence-corrected chi connectivity index (χ4v) is 2.19. The maximum absolute atomic E-state index is 5.89. The van der Waals surface area contributed by atoms with Gasteiger partial charge in [0, 0.05) is 31.0 Å². The summed E-state index contributed by atoms with van der Waals surface area (Å²) in [5.74, 6) is 0. The minimum Gasteiger partial charge on any atom is -0.333 e. The molecule has 2 rings (SSSR count). The van der Waals surface area contributed by atoms with E-state index in [0.29, 0.717) is 0 Å². The molecule has 2 heterocycles. The third kappa shape index (κ3) is 2.79. The van der Waals surface area contributed by atoms with Gasteiger partial charge in [-0.15, -0.1) is 0 Å². The number of hydrogen-bond acceptors (Lipinski definition) is 3. The molecular weight excluding hydrogens is 226 g/mol. The summed E-state index contributed by atoms with van der Waals surface area (Å²) in [6.45, 7) is 7.94. The predicted molar refractivity (Wildman–Crippen MR) is 71.1 cm³/mol. The molecule has 5 nitrogen and oxygen atoms in total. The largest absolute Gasteiger partial charge is 0.333 e. The van der Waals surface area contributed by atoms with E-state index in [9.17, 15) is 0 Å². The summed E-state index contributed by atoms with van der Waals surface area (Å²) in [5, 5.41) is 4.45. The third-order valence-electron chi connectivity index (χ3n) is 3.08. The van der Waals surface area contributed by atoms with Gasteiger partial charge in [0.25, 0.3) is 0 Å². The van der Waals surface area contributed by atoms with Crippen LogP contribution in [0.1, 0.15) is 36.5 Å². The Balaban J connectivity index is 1.92. The normalized spacial score (nSPS) is 12.9. The second-order valence-electron chi connectivity index (χ2n) is 4.80. The first-order valence-corrected chi connectivity index (χ1v) is 6.34. The molecule has 0 aliphatic heterocycles. The van der Waals surface area contributed by atoms with Gasteiger partial charge in [-0.1, -0.05) is 0 Å². The molecule has 2 aromatic heterocycles. The van der Waals surface area contributed by atoms with Crippen LogP contribution in [0.25, 0.3) is 0 Å². The van der Waals surface area contributed by atoms with E-state index in [2.05, 4.69) is 32.3 Å². The number of imidazole rings is 1. The molecule has 5 heteroatoms. The van der Waals surface area contributed by atoms with Gasteiger partial charge in [-0.05, 0) is 33.3 Å². The molecule has 0 unspecified atom stereocenters. The van der Waals surface area contributed by atoms with Gasteiger partial charge in [-0.3, -0.25) is 4.68 Å². The lowest BCUT2D eigenvalue weighted by Crippen LogP contribution is -2.13. The van der Waals surface area contributed by atoms with Crippen molar-refractivity contribution in [3.8, 4) is 0 Å². The van der Waals surface area contributed by atoms with Crippen molar-refractivity contribution in [3.05, 3.63) is 35.7 Å². The lowest BCUT2D eigenvalue weighted by molar-refractivity contribution is 0.503. The van der Waals surface area contributed by atoms with E-state index in [4.69, 9.17) is 5.73 Å². The van der Waals surface area contributed by atoms with Crippen molar-refractivity contribution in [1.82, 2.24) is 19.3 Å². The molecule has 0 bridgehead atoms. The average molecular weight is 247 g/mol. The van der Waals surface area contributed by atoms with Crippen molar-refractivity contribution < 1.29 is 0 Å². The number of rotatable bonds is 5. The molecule has 2 N–H and O–H groups in total. The quantitative estimate of drug-likeness (QED) is 0.876. The Kier molecular flexibility index (Phi) is 3.81. The van der Waals surface area contributed by atoms with Crippen molar-refractivity contribution in [2.75, 3.05) is 0 Å². The third-order valence-corrected chi connectivity index (χ3v) is 3.08. The lowest BCUT2D eigenvalue weighted by atomic mass is 10.2. The maximum atomic E-state index is 5.89. The average Bonchev–Trinajstić information content (AvgIpc) is 2.86. The number of nitrogens with zero attached hydrogens (tertiary/aromatic N) is 4. The van der Waals surface area contributed by atoms with Crippen LogP contribution in [0.15, 0.2) is 18.6 Å². The molecule has 1 atom stereocenters. The predicted octanol–water partition coefficient (Wildman–Crippen LogP) is 1.81. The molecule has 98 valence electrons. The first-order valence-electron chi connectivity index (χ1n) is 6.34. The first kappa shape index (κ1) is 12.8. The summed E-state index contributed by atoms with van der Waals surface area (Å²) in [7, 11) is 0. The summed E-state index contributed by atoms with van der Waals surface area (Å²) in [6.07, 6.45) is 4.71. The van der Waals surface area contributed by atoms with E-state index in [1.807, 2.05) is 26.4 Å². The van der Waals surface area contributed by atoms with Gasteiger partial charge in [0.15, 0.2) is 0 Å². The highest BCUT2D eigenvalue weighted by Gasteiger charge is 2.06. The Hall–Kier alpha value is -1.62. The standard InChI is InChI=1S/C13H21N5/c1-10-7-11(2)18(16-10)6-4-5-17-9-15-8-13(17)12(3)14/h7-9,12H,4-6,14H2,1-3H3/t12-/m1/s1. The topological polar surface area (TPSA) is 61.7 Å².